The number of halogens is 1. The maximum atomic E-state index is 9.02. The van der Waals surface area contributed by atoms with Crippen LogP contribution in [-0.4, -0.2) is 5.11 Å². The zero-order valence-corrected chi connectivity index (χ0v) is 7.56. The number of aromatic hydroxyl groups is 1. The molecule has 0 amide bonds. The fourth-order valence-electron chi connectivity index (χ4n) is 0.497. The predicted octanol–water partition coefficient (Wildman–Crippen LogP) is 2.29. The highest BCUT2D eigenvalue weighted by molar-refractivity contribution is 14.1. The maximum absolute atomic E-state index is 9.02. The van der Waals surface area contributed by atoms with E-state index in [9.17, 15) is 0 Å². The smallest absolute Gasteiger partial charge is 0.129 e. The second-order valence-corrected chi connectivity index (χ2v) is 3.36. The van der Waals surface area contributed by atoms with E-state index in [2.05, 4.69) is 35.2 Å². The number of rotatable bonds is 0. The minimum absolute atomic E-state index is 0.241. The first-order valence-electron chi connectivity index (χ1n) is 2.37. The molecule has 0 unspecified atom stereocenters. The number of thiol groups is 1. The third-order valence-electron chi connectivity index (χ3n) is 0.937. The SMILES string of the molecule is Oc1cc(I)ccc1S. The van der Waals surface area contributed by atoms with E-state index in [4.69, 9.17) is 5.11 Å². The molecular formula is C6H5IOS. The lowest BCUT2D eigenvalue weighted by Crippen LogP contribution is -1.71. The van der Waals surface area contributed by atoms with Gasteiger partial charge in [0.15, 0.2) is 0 Å². The number of hydrogen-bond donors (Lipinski definition) is 2. The average Bonchev–Trinajstić information content (AvgIpc) is 1.80. The van der Waals surface area contributed by atoms with Gasteiger partial charge in [0.2, 0.25) is 0 Å². The van der Waals surface area contributed by atoms with Gasteiger partial charge in [0.25, 0.3) is 0 Å². The van der Waals surface area contributed by atoms with Crippen LogP contribution in [0.4, 0.5) is 0 Å². The molecule has 1 nitrogen and oxygen atoms in total. The van der Waals surface area contributed by atoms with Crippen molar-refractivity contribution in [3.63, 3.8) is 0 Å². The monoisotopic (exact) mass is 252 g/mol. The van der Waals surface area contributed by atoms with Crippen LogP contribution >= 0.6 is 35.2 Å². The summed E-state index contributed by atoms with van der Waals surface area (Å²) in [4.78, 5) is 0.621. The highest BCUT2D eigenvalue weighted by Gasteiger charge is 1.93. The molecule has 48 valence electrons. The molecule has 0 spiro atoms. The highest BCUT2D eigenvalue weighted by Crippen LogP contribution is 2.22. The molecule has 0 saturated carbocycles. The molecule has 0 atom stereocenters. The Kier molecular flexibility index (Phi) is 2.23. The number of phenolic OH excluding ortho intramolecular Hbond substituents is 1. The van der Waals surface area contributed by atoms with Crippen molar-refractivity contribution in [1.82, 2.24) is 0 Å². The minimum Gasteiger partial charge on any atom is -0.507 e. The van der Waals surface area contributed by atoms with Crippen LogP contribution in [0.1, 0.15) is 0 Å². The molecule has 0 aromatic heterocycles. The molecule has 9 heavy (non-hydrogen) atoms. The van der Waals surface area contributed by atoms with Crippen LogP contribution in [0.2, 0.25) is 0 Å². The molecule has 0 bridgehead atoms. The van der Waals surface area contributed by atoms with E-state index in [0.717, 1.165) is 3.57 Å². The van der Waals surface area contributed by atoms with E-state index in [1.165, 1.54) is 0 Å². The molecular weight excluding hydrogens is 247 g/mol. The van der Waals surface area contributed by atoms with Crippen LogP contribution in [0, 0.1) is 3.57 Å². The molecule has 0 aliphatic carbocycles. The minimum atomic E-state index is 0.241. The van der Waals surface area contributed by atoms with Gasteiger partial charge in [-0.1, -0.05) is 0 Å². The van der Waals surface area contributed by atoms with Gasteiger partial charge in [-0.25, -0.2) is 0 Å². The quantitative estimate of drug-likeness (QED) is 0.536. The van der Waals surface area contributed by atoms with Crippen molar-refractivity contribution in [3.05, 3.63) is 21.8 Å². The Morgan fingerprint density at radius 2 is 2.11 bits per heavy atom. The summed E-state index contributed by atoms with van der Waals surface area (Å²) in [5.74, 6) is 0.241. The molecule has 0 aliphatic rings. The maximum Gasteiger partial charge on any atom is 0.129 e. The average molecular weight is 252 g/mol. The van der Waals surface area contributed by atoms with Crippen LogP contribution in [0.25, 0.3) is 0 Å². The molecule has 1 N–H and O–H groups in total. The van der Waals surface area contributed by atoms with E-state index in [1.807, 2.05) is 6.07 Å². The zero-order valence-electron chi connectivity index (χ0n) is 4.50. The number of hydrogen-bond acceptors (Lipinski definition) is 2. The van der Waals surface area contributed by atoms with Gasteiger partial charge < -0.3 is 5.11 Å². The van der Waals surface area contributed by atoms with Crippen molar-refractivity contribution in [1.29, 1.82) is 0 Å². The van der Waals surface area contributed by atoms with E-state index in [-0.39, 0.29) is 5.75 Å². The van der Waals surface area contributed by atoms with Gasteiger partial charge in [-0.3, -0.25) is 0 Å². The van der Waals surface area contributed by atoms with Gasteiger partial charge in [-0.05, 0) is 40.8 Å². The summed E-state index contributed by atoms with van der Waals surface area (Å²) in [5, 5.41) is 9.02. The molecule has 1 aromatic rings. The third-order valence-corrected chi connectivity index (χ3v) is 1.99. The summed E-state index contributed by atoms with van der Waals surface area (Å²) in [5.41, 5.74) is 0. The van der Waals surface area contributed by atoms with Gasteiger partial charge >= 0.3 is 0 Å². The van der Waals surface area contributed by atoms with E-state index in [1.54, 1.807) is 12.1 Å². The van der Waals surface area contributed by atoms with Crippen molar-refractivity contribution in [2.75, 3.05) is 0 Å². The van der Waals surface area contributed by atoms with E-state index >= 15 is 0 Å². The molecule has 3 heteroatoms. The Hall–Kier alpha value is 0.1000. The Morgan fingerprint density at radius 1 is 1.44 bits per heavy atom. The third kappa shape index (κ3) is 1.76. The number of benzene rings is 1. The van der Waals surface area contributed by atoms with Crippen molar-refractivity contribution in [2.24, 2.45) is 0 Å². The van der Waals surface area contributed by atoms with Crippen LogP contribution in [0.15, 0.2) is 23.1 Å². The summed E-state index contributed by atoms with van der Waals surface area (Å²) in [6.45, 7) is 0. The van der Waals surface area contributed by atoms with Crippen molar-refractivity contribution in [2.45, 2.75) is 4.90 Å². The summed E-state index contributed by atoms with van der Waals surface area (Å²) < 4.78 is 1.02. The second-order valence-electron chi connectivity index (χ2n) is 1.63. The summed E-state index contributed by atoms with van der Waals surface area (Å²) in [6, 6.07) is 5.33. The lowest BCUT2D eigenvalue weighted by Gasteiger charge is -1.95. The Labute approximate surface area is 72.6 Å². The van der Waals surface area contributed by atoms with Gasteiger partial charge in [0.1, 0.15) is 5.75 Å². The van der Waals surface area contributed by atoms with Crippen LogP contribution < -0.4 is 0 Å². The predicted molar refractivity (Wildman–Crippen MR) is 48.1 cm³/mol. The van der Waals surface area contributed by atoms with Crippen molar-refractivity contribution >= 4 is 35.2 Å². The zero-order chi connectivity index (χ0) is 6.85. The molecule has 0 fully saturated rings. The lowest BCUT2D eigenvalue weighted by atomic mass is 10.3. The Morgan fingerprint density at radius 3 is 2.56 bits per heavy atom. The van der Waals surface area contributed by atoms with Crippen molar-refractivity contribution < 1.29 is 5.11 Å². The van der Waals surface area contributed by atoms with Crippen LogP contribution in [0.5, 0.6) is 5.75 Å². The first kappa shape index (κ1) is 7.21. The first-order chi connectivity index (χ1) is 4.20. The number of phenols is 1. The Balaban J connectivity index is 3.17. The van der Waals surface area contributed by atoms with E-state index in [0.29, 0.717) is 4.90 Å². The molecule has 0 aliphatic heterocycles. The molecule has 0 radical (unpaired) electrons. The van der Waals surface area contributed by atoms with Gasteiger partial charge in [0.05, 0.1) is 0 Å². The van der Waals surface area contributed by atoms with E-state index < -0.39 is 0 Å². The topological polar surface area (TPSA) is 20.2 Å². The molecule has 1 aromatic carbocycles. The normalized spacial score (nSPS) is 9.56. The fraction of sp³-hybridized carbons (Fsp3) is 0. The van der Waals surface area contributed by atoms with Gasteiger partial charge in [0, 0.05) is 8.47 Å². The molecule has 0 heterocycles. The molecule has 0 saturated heterocycles. The second kappa shape index (κ2) is 2.79. The van der Waals surface area contributed by atoms with Crippen LogP contribution in [-0.2, 0) is 0 Å². The van der Waals surface area contributed by atoms with Gasteiger partial charge in [-0.15, -0.1) is 12.6 Å². The van der Waals surface area contributed by atoms with Crippen LogP contribution in [0.3, 0.4) is 0 Å². The fourth-order valence-corrected chi connectivity index (χ4v) is 1.11. The molecule has 1 rings (SSSR count). The largest absolute Gasteiger partial charge is 0.507 e. The van der Waals surface area contributed by atoms with Crippen molar-refractivity contribution in [3.8, 4) is 5.75 Å². The Bertz CT molecular complexity index is 224. The van der Waals surface area contributed by atoms with Gasteiger partial charge in [-0.2, -0.15) is 0 Å². The summed E-state index contributed by atoms with van der Waals surface area (Å²) >= 11 is 6.12. The summed E-state index contributed by atoms with van der Waals surface area (Å²) in [7, 11) is 0. The summed E-state index contributed by atoms with van der Waals surface area (Å²) in [6.07, 6.45) is 0. The lowest BCUT2D eigenvalue weighted by molar-refractivity contribution is 0.462. The standard InChI is InChI=1S/C6H5IOS/c7-4-1-2-6(9)5(8)3-4/h1-3,8-9H. The first-order valence-corrected chi connectivity index (χ1v) is 3.90. The highest BCUT2D eigenvalue weighted by atomic mass is 127.